The first-order chi connectivity index (χ1) is 21.7. The summed E-state index contributed by atoms with van der Waals surface area (Å²) >= 11 is 16.2. The molecular weight excluding hydrogens is 701 g/mol. The lowest BCUT2D eigenvalue weighted by atomic mass is 9.69. The SMILES string of the molecule is C=CC1CC(C(C)C)C(C)C2=C1Sc1cc3c(cc1S2)S/C(=C1\Sc2cc4c(cc2S1)SC1=C(S4)C2C=CC1C(C(C)C)C2)S3. The first-order valence-electron chi connectivity index (χ1n) is 16.1. The predicted molar refractivity (Wildman–Crippen MR) is 206 cm³/mol. The quantitative estimate of drug-likeness (QED) is 0.282. The fraction of sp³-hybridized carbons (Fsp3) is 0.405. The van der Waals surface area contributed by atoms with Gasteiger partial charge in [-0.1, -0.05) is 147 Å². The maximum absolute atomic E-state index is 4.26. The van der Waals surface area contributed by atoms with Gasteiger partial charge in [-0.05, 0) is 66.7 Å². The lowest BCUT2D eigenvalue weighted by molar-refractivity contribution is 0.258. The van der Waals surface area contributed by atoms with Gasteiger partial charge in [0, 0.05) is 76.5 Å². The molecule has 8 aliphatic rings. The molecule has 0 saturated carbocycles. The van der Waals surface area contributed by atoms with E-state index in [0.717, 1.165) is 17.8 Å². The zero-order valence-electron chi connectivity index (χ0n) is 26.0. The number of rotatable bonds is 3. The van der Waals surface area contributed by atoms with Gasteiger partial charge < -0.3 is 0 Å². The molecule has 0 amide bonds. The van der Waals surface area contributed by atoms with Crippen LogP contribution in [-0.4, -0.2) is 0 Å². The average Bonchev–Trinajstić information content (AvgIpc) is 3.64. The Morgan fingerprint density at radius 1 is 0.578 bits per heavy atom. The summed E-state index contributed by atoms with van der Waals surface area (Å²) < 4.78 is 2.92. The number of fused-ring (bicyclic) bond motifs is 5. The van der Waals surface area contributed by atoms with Gasteiger partial charge in [-0.15, -0.1) is 6.58 Å². The van der Waals surface area contributed by atoms with Gasteiger partial charge in [0.15, 0.2) is 0 Å². The van der Waals surface area contributed by atoms with Crippen molar-refractivity contribution >= 4 is 94.1 Å². The van der Waals surface area contributed by atoms with Crippen molar-refractivity contribution in [2.75, 3.05) is 0 Å². The minimum atomic E-state index is 0.484. The van der Waals surface area contributed by atoms with Crippen LogP contribution < -0.4 is 0 Å². The second kappa shape index (κ2) is 11.8. The van der Waals surface area contributed by atoms with E-state index in [1.807, 2.05) is 58.8 Å². The molecule has 4 aliphatic heterocycles. The van der Waals surface area contributed by atoms with E-state index in [1.54, 1.807) is 19.6 Å². The topological polar surface area (TPSA) is 0 Å². The molecule has 8 heteroatoms. The van der Waals surface area contributed by atoms with Gasteiger partial charge in [-0.25, -0.2) is 0 Å². The summed E-state index contributed by atoms with van der Waals surface area (Å²) in [5, 5.41) is 0. The number of allylic oxidation sites excluding steroid dienone is 7. The smallest absolute Gasteiger partial charge is 0.0706 e. The minimum Gasteiger partial charge on any atom is -0.102 e. The Morgan fingerprint density at radius 3 is 1.56 bits per heavy atom. The Bertz CT molecular complexity index is 1790. The van der Waals surface area contributed by atoms with Gasteiger partial charge in [0.05, 0.1) is 8.47 Å². The Kier molecular flexibility index (Phi) is 8.10. The minimum absolute atomic E-state index is 0.484. The average molecular weight is 737 g/mol. The molecule has 0 N–H and O–H groups in total. The van der Waals surface area contributed by atoms with Crippen LogP contribution in [0.2, 0.25) is 0 Å². The molecule has 0 radical (unpaired) electrons. The van der Waals surface area contributed by atoms with Crippen LogP contribution in [0.3, 0.4) is 0 Å². The third-order valence-electron chi connectivity index (χ3n) is 10.5. The van der Waals surface area contributed by atoms with Crippen LogP contribution in [0.25, 0.3) is 0 Å². The molecular formula is C37H36S8. The predicted octanol–water partition coefficient (Wildman–Crippen LogP) is 14.3. The summed E-state index contributed by atoms with van der Waals surface area (Å²) in [7, 11) is 0. The van der Waals surface area contributed by atoms with E-state index in [-0.39, 0.29) is 0 Å². The molecule has 0 aromatic heterocycles. The maximum atomic E-state index is 4.26. The molecule has 2 aromatic rings. The fourth-order valence-corrected chi connectivity index (χ4v) is 19.4. The third-order valence-corrected chi connectivity index (χ3v) is 21.8. The van der Waals surface area contributed by atoms with E-state index in [1.165, 1.54) is 60.5 Å². The fourth-order valence-electron chi connectivity index (χ4n) is 7.96. The largest absolute Gasteiger partial charge is 0.102 e. The van der Waals surface area contributed by atoms with Crippen LogP contribution in [0, 0.1) is 47.3 Å². The van der Waals surface area contributed by atoms with Crippen LogP contribution in [0.5, 0.6) is 0 Å². The van der Waals surface area contributed by atoms with Gasteiger partial charge in [0.2, 0.25) is 0 Å². The highest BCUT2D eigenvalue weighted by atomic mass is 32.2. The van der Waals surface area contributed by atoms with Gasteiger partial charge in [0.1, 0.15) is 0 Å². The first kappa shape index (κ1) is 31.0. The summed E-state index contributed by atoms with van der Waals surface area (Å²) in [5.74, 6) is 5.28. The van der Waals surface area contributed by atoms with Gasteiger partial charge in [-0.3, -0.25) is 0 Å². The Labute approximate surface area is 302 Å². The van der Waals surface area contributed by atoms with Crippen LogP contribution in [-0.2, 0) is 0 Å². The molecule has 45 heavy (non-hydrogen) atoms. The number of hydrogen-bond donors (Lipinski definition) is 0. The summed E-state index contributed by atoms with van der Waals surface area (Å²) in [5.41, 5.74) is 0. The second-order valence-electron chi connectivity index (χ2n) is 13.8. The zero-order chi connectivity index (χ0) is 30.7. The van der Waals surface area contributed by atoms with E-state index in [4.69, 9.17) is 0 Å². The molecule has 232 valence electrons. The van der Waals surface area contributed by atoms with Crippen molar-refractivity contribution in [2.24, 2.45) is 47.3 Å². The molecule has 10 rings (SSSR count). The summed E-state index contributed by atoms with van der Waals surface area (Å²) in [6.45, 7) is 16.4. The number of benzene rings is 2. The monoisotopic (exact) mass is 736 g/mol. The Morgan fingerprint density at radius 2 is 1.04 bits per heavy atom. The lowest BCUT2D eigenvalue weighted by Gasteiger charge is -2.44. The van der Waals surface area contributed by atoms with Gasteiger partial charge >= 0.3 is 0 Å². The highest BCUT2D eigenvalue weighted by Gasteiger charge is 2.43. The third kappa shape index (κ3) is 5.11. The summed E-state index contributed by atoms with van der Waals surface area (Å²) in [6.07, 6.45) is 9.82. The molecule has 0 spiro atoms. The van der Waals surface area contributed by atoms with Crippen molar-refractivity contribution in [3.63, 3.8) is 0 Å². The Hall–Kier alpha value is -0.0600. The lowest BCUT2D eigenvalue weighted by Crippen LogP contribution is -2.32. The van der Waals surface area contributed by atoms with Crippen molar-refractivity contribution in [2.45, 2.75) is 86.6 Å². The van der Waals surface area contributed by atoms with Crippen LogP contribution >= 0.6 is 94.1 Å². The van der Waals surface area contributed by atoms with Crippen molar-refractivity contribution in [3.8, 4) is 0 Å². The van der Waals surface area contributed by atoms with E-state index in [2.05, 4.69) is 119 Å². The van der Waals surface area contributed by atoms with Crippen molar-refractivity contribution < 1.29 is 0 Å². The second-order valence-corrected chi connectivity index (χ2v) is 22.8. The van der Waals surface area contributed by atoms with E-state index < -0.39 is 0 Å². The highest BCUT2D eigenvalue weighted by Crippen LogP contribution is 2.67. The van der Waals surface area contributed by atoms with Gasteiger partial charge in [0.25, 0.3) is 0 Å². The highest BCUT2D eigenvalue weighted by molar-refractivity contribution is 8.30. The van der Waals surface area contributed by atoms with E-state index in [9.17, 15) is 0 Å². The van der Waals surface area contributed by atoms with Crippen LogP contribution in [0.15, 0.2) is 116 Å². The molecule has 0 saturated heterocycles. The zero-order valence-corrected chi connectivity index (χ0v) is 32.6. The summed E-state index contributed by atoms with van der Waals surface area (Å²) in [6, 6.07) is 10.0. The van der Waals surface area contributed by atoms with Gasteiger partial charge in [-0.2, -0.15) is 0 Å². The number of thioether (sulfide) groups is 8. The molecule has 2 aromatic carbocycles. The first-order valence-corrected chi connectivity index (χ1v) is 22.6. The van der Waals surface area contributed by atoms with E-state index in [0.29, 0.717) is 29.6 Å². The van der Waals surface area contributed by atoms with Crippen molar-refractivity contribution in [1.29, 1.82) is 0 Å². The van der Waals surface area contributed by atoms with Crippen LogP contribution in [0.4, 0.5) is 0 Å². The van der Waals surface area contributed by atoms with Crippen LogP contribution in [0.1, 0.15) is 47.5 Å². The molecule has 0 nitrogen and oxygen atoms in total. The normalized spacial score (nSPS) is 32.5. The maximum Gasteiger partial charge on any atom is 0.0706 e. The number of hydrogen-bond acceptors (Lipinski definition) is 8. The molecule has 0 fully saturated rings. The Balaban J connectivity index is 0.960. The molecule has 4 aliphatic carbocycles. The van der Waals surface area contributed by atoms with Crippen molar-refractivity contribution in [1.82, 2.24) is 0 Å². The summed E-state index contributed by atoms with van der Waals surface area (Å²) in [4.78, 5) is 18.1. The van der Waals surface area contributed by atoms with E-state index >= 15 is 0 Å². The molecule has 4 heterocycles. The molecule has 2 bridgehead atoms. The molecule has 6 unspecified atom stereocenters. The standard InChI is InChI=1S/C37H36S8/c1-7-19-10-22(16(2)3)18(6)32-33(19)39-25-13-29-28(12-24(25)38-32)42-36(43-29)37-44-30-14-26-27(15-31(30)45-37)41-35-21-9-8-20(34(35)40-26)11-23(21)17(4)5/h7-9,12-23H,1,10-11H2,2-6H3/b37-36-. The van der Waals surface area contributed by atoms with Crippen molar-refractivity contribution in [3.05, 3.63) is 77.2 Å². The molecule has 6 atom stereocenters.